The molecular formula is C25H27NO3. The summed E-state index contributed by atoms with van der Waals surface area (Å²) in [7, 11) is 0. The summed E-state index contributed by atoms with van der Waals surface area (Å²) in [5, 5.41) is 3.09. The van der Waals surface area contributed by atoms with Gasteiger partial charge in [-0.2, -0.15) is 0 Å². The van der Waals surface area contributed by atoms with Gasteiger partial charge in [0.2, 0.25) is 0 Å². The van der Waals surface area contributed by atoms with E-state index in [0.29, 0.717) is 23.4 Å². The molecular weight excluding hydrogens is 362 g/mol. The molecule has 29 heavy (non-hydrogen) atoms. The van der Waals surface area contributed by atoms with Crippen LogP contribution >= 0.6 is 0 Å². The lowest BCUT2D eigenvalue weighted by Crippen LogP contribution is -2.40. The van der Waals surface area contributed by atoms with Crippen molar-refractivity contribution in [3.05, 3.63) is 76.9 Å². The molecule has 2 aromatic rings. The average Bonchev–Trinajstić information content (AvgIpc) is 2.75. The Kier molecular flexibility index (Phi) is 5.52. The number of benzene rings is 2. The molecule has 150 valence electrons. The van der Waals surface area contributed by atoms with Gasteiger partial charge < -0.3 is 10.1 Å². The molecule has 4 rings (SSSR count). The third kappa shape index (κ3) is 3.71. The van der Waals surface area contributed by atoms with Crippen LogP contribution in [0.2, 0.25) is 0 Å². The number of nitrogens with one attached hydrogen (secondary N) is 1. The first-order chi connectivity index (χ1) is 14.1. The molecule has 0 bridgehead atoms. The van der Waals surface area contributed by atoms with Gasteiger partial charge in [-0.05, 0) is 43.9 Å². The highest BCUT2D eigenvalue weighted by Gasteiger charge is 2.45. The highest BCUT2D eigenvalue weighted by Crippen LogP contribution is 2.51. The molecule has 4 nitrogen and oxygen atoms in total. The number of ether oxygens (including phenoxy) is 1. The van der Waals surface area contributed by atoms with E-state index in [4.69, 9.17) is 4.74 Å². The van der Waals surface area contributed by atoms with Gasteiger partial charge in [0.05, 0.1) is 17.9 Å². The van der Waals surface area contributed by atoms with Crippen LogP contribution in [0.3, 0.4) is 0 Å². The lowest BCUT2D eigenvalue weighted by molar-refractivity contribution is -0.140. The molecule has 0 radical (unpaired) electrons. The van der Waals surface area contributed by atoms with E-state index in [0.717, 1.165) is 37.7 Å². The van der Waals surface area contributed by atoms with E-state index in [1.807, 2.05) is 43.3 Å². The second-order valence-electron chi connectivity index (χ2n) is 7.97. The fraction of sp³-hybridized carbons (Fsp3) is 0.360. The van der Waals surface area contributed by atoms with Crippen LogP contribution in [-0.2, 0) is 16.0 Å². The average molecular weight is 389 g/mol. The minimum absolute atomic E-state index is 0.204. The number of hydrogen-bond donors (Lipinski definition) is 1. The van der Waals surface area contributed by atoms with Crippen LogP contribution in [0.5, 0.6) is 0 Å². The summed E-state index contributed by atoms with van der Waals surface area (Å²) in [5.74, 6) is -0.502. The molecule has 2 aromatic carbocycles. The summed E-state index contributed by atoms with van der Waals surface area (Å²) in [6.07, 6.45) is 6.07. The topological polar surface area (TPSA) is 55.4 Å². The van der Waals surface area contributed by atoms with Crippen LogP contribution in [0.4, 0.5) is 0 Å². The summed E-state index contributed by atoms with van der Waals surface area (Å²) < 4.78 is 5.49. The summed E-state index contributed by atoms with van der Waals surface area (Å²) in [5.41, 5.74) is 3.70. The van der Waals surface area contributed by atoms with Crippen molar-refractivity contribution in [3.8, 4) is 0 Å². The van der Waals surface area contributed by atoms with Gasteiger partial charge in [-0.3, -0.25) is 4.79 Å². The molecule has 0 saturated heterocycles. The fourth-order valence-corrected chi connectivity index (χ4v) is 4.85. The highest BCUT2D eigenvalue weighted by molar-refractivity contribution is 6.06. The van der Waals surface area contributed by atoms with Crippen molar-refractivity contribution >= 4 is 17.6 Å². The molecule has 0 unspecified atom stereocenters. The summed E-state index contributed by atoms with van der Waals surface area (Å²) in [6.45, 7) is 2.14. The van der Waals surface area contributed by atoms with Gasteiger partial charge in [-0.1, -0.05) is 61.7 Å². The van der Waals surface area contributed by atoms with Gasteiger partial charge >= 0.3 is 5.97 Å². The molecule has 0 atom stereocenters. The first-order valence-corrected chi connectivity index (χ1v) is 10.5. The minimum Gasteiger partial charge on any atom is -0.463 e. The van der Waals surface area contributed by atoms with Gasteiger partial charge in [0.15, 0.2) is 0 Å². The maximum absolute atomic E-state index is 13.2. The number of carbonyl (C=O) groups is 2. The standard InChI is InChI=1S/C25H27NO3/c1-2-29-24(28)21-22(26-23(27)18-11-5-3-6-12-18)20-14-8-7-13-19(20)17-25(21)15-9-4-10-16-25/h3,5-8,11-14H,2,4,9-10,15-17H2,1H3,(H,26,27). The molecule has 2 aliphatic rings. The number of fused-ring (bicyclic) bond motifs is 1. The zero-order valence-electron chi connectivity index (χ0n) is 16.9. The van der Waals surface area contributed by atoms with Crippen LogP contribution in [-0.4, -0.2) is 18.5 Å². The van der Waals surface area contributed by atoms with Crippen molar-refractivity contribution < 1.29 is 14.3 Å². The number of esters is 1. The van der Waals surface area contributed by atoms with Crippen molar-refractivity contribution in [2.75, 3.05) is 6.61 Å². The predicted octanol–water partition coefficient (Wildman–Crippen LogP) is 4.90. The first-order valence-electron chi connectivity index (χ1n) is 10.5. The summed E-state index contributed by atoms with van der Waals surface area (Å²) in [6, 6.07) is 17.2. The maximum Gasteiger partial charge on any atom is 0.336 e. The Morgan fingerprint density at radius 1 is 0.966 bits per heavy atom. The Labute approximate surface area is 172 Å². The monoisotopic (exact) mass is 389 g/mol. The summed E-state index contributed by atoms with van der Waals surface area (Å²) in [4.78, 5) is 26.2. The zero-order chi connectivity index (χ0) is 20.3. The molecule has 1 spiro atoms. The third-order valence-corrected chi connectivity index (χ3v) is 6.16. The van der Waals surface area contributed by atoms with Crippen LogP contribution in [0.1, 0.15) is 60.5 Å². The SMILES string of the molecule is CCOC(=O)C1=C(NC(=O)c2ccccc2)c2ccccc2CC12CCCCC2. The lowest BCUT2D eigenvalue weighted by atomic mass is 9.62. The fourth-order valence-electron chi connectivity index (χ4n) is 4.85. The van der Waals surface area contributed by atoms with Gasteiger partial charge in [0, 0.05) is 16.5 Å². The smallest absolute Gasteiger partial charge is 0.336 e. The highest BCUT2D eigenvalue weighted by atomic mass is 16.5. The predicted molar refractivity (Wildman–Crippen MR) is 113 cm³/mol. The van der Waals surface area contributed by atoms with Gasteiger partial charge in [0.1, 0.15) is 0 Å². The first kappa shape index (κ1) is 19.4. The Balaban J connectivity index is 1.86. The Morgan fingerprint density at radius 2 is 1.66 bits per heavy atom. The van der Waals surface area contributed by atoms with Gasteiger partial charge in [-0.15, -0.1) is 0 Å². The second-order valence-corrected chi connectivity index (χ2v) is 7.97. The molecule has 0 heterocycles. The van der Waals surface area contributed by atoms with Gasteiger partial charge in [-0.25, -0.2) is 4.79 Å². The number of amides is 1. The van der Waals surface area contributed by atoms with E-state index >= 15 is 0 Å². The van der Waals surface area contributed by atoms with Crippen LogP contribution in [0.25, 0.3) is 5.70 Å². The molecule has 4 heteroatoms. The molecule has 1 N–H and O–H groups in total. The number of hydrogen-bond acceptors (Lipinski definition) is 3. The van der Waals surface area contributed by atoms with Crippen molar-refractivity contribution in [2.24, 2.45) is 5.41 Å². The Hall–Kier alpha value is -2.88. The Bertz CT molecular complexity index is 940. The number of rotatable bonds is 4. The van der Waals surface area contributed by atoms with E-state index in [1.54, 1.807) is 12.1 Å². The van der Waals surface area contributed by atoms with E-state index in [1.165, 1.54) is 12.0 Å². The quantitative estimate of drug-likeness (QED) is 0.757. The van der Waals surface area contributed by atoms with Crippen molar-refractivity contribution in [3.63, 3.8) is 0 Å². The van der Waals surface area contributed by atoms with Crippen LogP contribution in [0, 0.1) is 5.41 Å². The number of carbonyl (C=O) groups excluding carboxylic acids is 2. The molecule has 1 amide bonds. The van der Waals surface area contributed by atoms with Crippen LogP contribution < -0.4 is 5.32 Å². The molecule has 0 aromatic heterocycles. The largest absolute Gasteiger partial charge is 0.463 e. The normalized spacial score (nSPS) is 17.6. The van der Waals surface area contributed by atoms with E-state index in [9.17, 15) is 9.59 Å². The molecule has 1 saturated carbocycles. The van der Waals surface area contributed by atoms with E-state index in [-0.39, 0.29) is 17.3 Å². The molecule has 0 aliphatic heterocycles. The van der Waals surface area contributed by atoms with E-state index in [2.05, 4.69) is 11.4 Å². The van der Waals surface area contributed by atoms with Crippen molar-refractivity contribution in [1.82, 2.24) is 5.32 Å². The van der Waals surface area contributed by atoms with Gasteiger partial charge in [0.25, 0.3) is 5.91 Å². The summed E-state index contributed by atoms with van der Waals surface area (Å²) >= 11 is 0. The molecule has 1 fully saturated rings. The zero-order valence-corrected chi connectivity index (χ0v) is 16.9. The lowest BCUT2D eigenvalue weighted by Gasteiger charge is -2.43. The van der Waals surface area contributed by atoms with Crippen LogP contribution in [0.15, 0.2) is 60.2 Å². The minimum atomic E-state index is -0.299. The van der Waals surface area contributed by atoms with E-state index < -0.39 is 0 Å². The maximum atomic E-state index is 13.2. The Morgan fingerprint density at radius 3 is 2.38 bits per heavy atom. The van der Waals surface area contributed by atoms with Crippen molar-refractivity contribution in [2.45, 2.75) is 45.4 Å². The third-order valence-electron chi connectivity index (χ3n) is 6.16. The molecule has 2 aliphatic carbocycles. The second kappa shape index (κ2) is 8.24. The van der Waals surface area contributed by atoms with Crippen molar-refractivity contribution in [1.29, 1.82) is 0 Å².